The Hall–Kier alpha value is -2.11. The van der Waals surface area contributed by atoms with Crippen LogP contribution in [0.2, 0.25) is 0 Å². The number of rotatable bonds is 2. The number of nitro benzene ring substituents is 1. The minimum atomic E-state index is -0.796. The van der Waals surface area contributed by atoms with Crippen molar-refractivity contribution in [2.45, 2.75) is 19.1 Å². The molecule has 1 aliphatic heterocycles. The van der Waals surface area contributed by atoms with E-state index in [0.717, 1.165) is 0 Å². The Labute approximate surface area is 90.9 Å². The lowest BCUT2D eigenvalue weighted by molar-refractivity contribution is -0.386. The molecule has 1 heterocycles. The Balaban J connectivity index is 2.40. The van der Waals surface area contributed by atoms with Gasteiger partial charge in [0.05, 0.1) is 10.5 Å². The second kappa shape index (κ2) is 3.80. The van der Waals surface area contributed by atoms with Gasteiger partial charge in [0.25, 0.3) is 5.69 Å². The molecule has 0 bridgehead atoms. The Morgan fingerprint density at radius 2 is 2.00 bits per heavy atom. The van der Waals surface area contributed by atoms with Crippen LogP contribution in [0.3, 0.4) is 0 Å². The van der Waals surface area contributed by atoms with Crippen LogP contribution >= 0.6 is 0 Å². The van der Waals surface area contributed by atoms with Crippen LogP contribution in [0.4, 0.5) is 10.5 Å². The van der Waals surface area contributed by atoms with Gasteiger partial charge in [0.1, 0.15) is 6.10 Å². The van der Waals surface area contributed by atoms with Crippen LogP contribution in [0.25, 0.3) is 0 Å². The van der Waals surface area contributed by atoms with Crippen molar-refractivity contribution >= 4 is 11.8 Å². The van der Waals surface area contributed by atoms with Crippen LogP contribution in [0.15, 0.2) is 24.3 Å². The lowest BCUT2D eigenvalue weighted by Crippen LogP contribution is -2.12. The molecule has 6 heteroatoms. The van der Waals surface area contributed by atoms with E-state index in [2.05, 4.69) is 0 Å². The first-order valence-corrected chi connectivity index (χ1v) is 4.70. The number of nitrogens with zero attached hydrogens (tertiary/aromatic N) is 1. The van der Waals surface area contributed by atoms with Crippen LogP contribution in [0.1, 0.15) is 18.6 Å². The predicted octanol–water partition coefficient (Wildman–Crippen LogP) is 2.19. The van der Waals surface area contributed by atoms with E-state index in [1.165, 1.54) is 6.07 Å². The van der Waals surface area contributed by atoms with Gasteiger partial charge in [-0.1, -0.05) is 12.1 Å². The maximum Gasteiger partial charge on any atom is 0.509 e. The number of cyclic esters (lactones) is 2. The number of carbonyl (C=O) groups excluding carboxylic acids is 1. The molecule has 0 aliphatic carbocycles. The van der Waals surface area contributed by atoms with E-state index in [0.29, 0.717) is 5.56 Å². The number of hydrogen-bond acceptors (Lipinski definition) is 5. The van der Waals surface area contributed by atoms with Crippen molar-refractivity contribution in [1.29, 1.82) is 0 Å². The average Bonchev–Trinajstić information content (AvgIpc) is 2.57. The van der Waals surface area contributed by atoms with E-state index in [9.17, 15) is 14.9 Å². The molecule has 0 aromatic heterocycles. The van der Waals surface area contributed by atoms with Gasteiger partial charge in [0, 0.05) is 6.07 Å². The topological polar surface area (TPSA) is 78.7 Å². The third-order valence-electron chi connectivity index (χ3n) is 2.37. The predicted molar refractivity (Wildman–Crippen MR) is 52.9 cm³/mol. The fraction of sp³-hybridized carbons (Fsp3) is 0.300. The molecule has 2 rings (SSSR count). The average molecular weight is 223 g/mol. The Morgan fingerprint density at radius 1 is 1.31 bits per heavy atom. The van der Waals surface area contributed by atoms with Crippen molar-refractivity contribution in [3.63, 3.8) is 0 Å². The molecule has 0 saturated carbocycles. The van der Waals surface area contributed by atoms with Gasteiger partial charge in [-0.05, 0) is 13.0 Å². The fourth-order valence-corrected chi connectivity index (χ4v) is 1.65. The third-order valence-corrected chi connectivity index (χ3v) is 2.37. The first kappa shape index (κ1) is 10.4. The number of para-hydroxylation sites is 1. The van der Waals surface area contributed by atoms with Crippen molar-refractivity contribution in [1.82, 2.24) is 0 Å². The van der Waals surface area contributed by atoms with E-state index < -0.39 is 23.3 Å². The number of benzene rings is 1. The van der Waals surface area contributed by atoms with Crippen LogP contribution in [-0.2, 0) is 9.47 Å². The minimum absolute atomic E-state index is 0.0716. The standard InChI is InChI=1S/C10H9NO5/c1-6-9(16-10(12)15-6)7-4-2-3-5-8(7)11(13)14/h2-6,9H,1H3/t6-,9+/m0/s1. The highest BCUT2D eigenvalue weighted by Crippen LogP contribution is 2.34. The summed E-state index contributed by atoms with van der Waals surface area (Å²) in [6, 6.07) is 6.14. The lowest BCUT2D eigenvalue weighted by Gasteiger charge is -2.11. The molecule has 1 aliphatic rings. The van der Waals surface area contributed by atoms with E-state index >= 15 is 0 Å². The second-order valence-electron chi connectivity index (χ2n) is 3.43. The molecule has 84 valence electrons. The van der Waals surface area contributed by atoms with Crippen LogP contribution in [-0.4, -0.2) is 17.2 Å². The van der Waals surface area contributed by atoms with Gasteiger partial charge in [0.15, 0.2) is 6.10 Å². The largest absolute Gasteiger partial charge is 0.509 e. The maximum atomic E-state index is 10.9. The van der Waals surface area contributed by atoms with Gasteiger partial charge < -0.3 is 9.47 Å². The third kappa shape index (κ3) is 1.69. The van der Waals surface area contributed by atoms with Gasteiger partial charge in [-0.2, -0.15) is 0 Å². The van der Waals surface area contributed by atoms with Crippen molar-refractivity contribution in [2.24, 2.45) is 0 Å². The Bertz CT molecular complexity index is 445. The summed E-state index contributed by atoms with van der Waals surface area (Å²) in [6.07, 6.45) is -2.03. The van der Waals surface area contributed by atoms with Crippen molar-refractivity contribution in [2.75, 3.05) is 0 Å². The van der Waals surface area contributed by atoms with Gasteiger partial charge in [-0.3, -0.25) is 10.1 Å². The summed E-state index contributed by atoms with van der Waals surface area (Å²) in [4.78, 5) is 21.2. The highest BCUT2D eigenvalue weighted by atomic mass is 16.8. The fourth-order valence-electron chi connectivity index (χ4n) is 1.65. The number of carbonyl (C=O) groups is 1. The van der Waals surface area contributed by atoms with E-state index in [-0.39, 0.29) is 5.69 Å². The van der Waals surface area contributed by atoms with E-state index in [4.69, 9.17) is 9.47 Å². The first-order valence-electron chi connectivity index (χ1n) is 4.70. The molecule has 1 saturated heterocycles. The monoisotopic (exact) mass is 223 g/mol. The molecule has 0 amide bonds. The minimum Gasteiger partial charge on any atom is -0.427 e. The summed E-state index contributed by atoms with van der Waals surface area (Å²) in [7, 11) is 0. The molecule has 6 nitrogen and oxygen atoms in total. The van der Waals surface area contributed by atoms with Crippen molar-refractivity contribution < 1.29 is 19.2 Å². The molecule has 1 fully saturated rings. The van der Waals surface area contributed by atoms with Gasteiger partial charge in [-0.25, -0.2) is 4.79 Å². The Morgan fingerprint density at radius 3 is 2.56 bits per heavy atom. The molecular weight excluding hydrogens is 214 g/mol. The summed E-state index contributed by atoms with van der Waals surface area (Å²) in [5.74, 6) is 0. The zero-order valence-corrected chi connectivity index (χ0v) is 8.45. The summed E-state index contributed by atoms with van der Waals surface area (Å²) in [5.41, 5.74) is 0.281. The molecule has 0 spiro atoms. The molecular formula is C10H9NO5. The smallest absolute Gasteiger partial charge is 0.427 e. The Kier molecular flexibility index (Phi) is 2.47. The van der Waals surface area contributed by atoms with Crippen LogP contribution in [0, 0.1) is 10.1 Å². The number of nitro groups is 1. The van der Waals surface area contributed by atoms with Gasteiger partial charge in [0.2, 0.25) is 0 Å². The molecule has 0 N–H and O–H groups in total. The first-order chi connectivity index (χ1) is 7.59. The number of hydrogen-bond donors (Lipinski definition) is 0. The molecule has 2 atom stereocenters. The highest BCUT2D eigenvalue weighted by Gasteiger charge is 2.38. The zero-order valence-electron chi connectivity index (χ0n) is 8.45. The van der Waals surface area contributed by atoms with Crippen molar-refractivity contribution in [3.05, 3.63) is 39.9 Å². The SMILES string of the molecule is C[C@@H]1OC(=O)O[C@H]1c1ccccc1[N+](=O)[O-]. The zero-order chi connectivity index (χ0) is 11.7. The van der Waals surface area contributed by atoms with Crippen molar-refractivity contribution in [3.8, 4) is 0 Å². The molecule has 1 aromatic rings. The maximum absolute atomic E-state index is 10.9. The molecule has 1 aromatic carbocycles. The molecule has 0 radical (unpaired) electrons. The summed E-state index contributed by atoms with van der Waals surface area (Å²) in [6.45, 7) is 1.63. The second-order valence-corrected chi connectivity index (χ2v) is 3.43. The number of ether oxygens (including phenoxy) is 2. The van der Waals surface area contributed by atoms with E-state index in [1.807, 2.05) is 0 Å². The van der Waals surface area contributed by atoms with Crippen LogP contribution < -0.4 is 0 Å². The van der Waals surface area contributed by atoms with Gasteiger partial charge >= 0.3 is 6.16 Å². The lowest BCUT2D eigenvalue weighted by atomic mass is 10.0. The van der Waals surface area contributed by atoms with Gasteiger partial charge in [-0.15, -0.1) is 0 Å². The van der Waals surface area contributed by atoms with Crippen LogP contribution in [0.5, 0.6) is 0 Å². The van der Waals surface area contributed by atoms with E-state index in [1.54, 1.807) is 25.1 Å². The summed E-state index contributed by atoms with van der Waals surface area (Å²) in [5, 5.41) is 10.8. The summed E-state index contributed by atoms with van der Waals surface area (Å²) >= 11 is 0. The highest BCUT2D eigenvalue weighted by molar-refractivity contribution is 5.63. The normalized spacial score (nSPS) is 23.7. The quantitative estimate of drug-likeness (QED) is 0.436. The molecule has 0 unspecified atom stereocenters. The molecule has 16 heavy (non-hydrogen) atoms. The summed E-state index contributed by atoms with van der Waals surface area (Å²) < 4.78 is 9.66.